The third kappa shape index (κ3) is 2.13. The van der Waals surface area contributed by atoms with Gasteiger partial charge in [-0.05, 0) is 5.04 Å². The van der Waals surface area contributed by atoms with Crippen LogP contribution in [0.25, 0.3) is 0 Å². The normalized spacial score (nSPS) is 13.1. The van der Waals surface area contributed by atoms with Gasteiger partial charge in [0.2, 0.25) is 0 Å². The van der Waals surface area contributed by atoms with Gasteiger partial charge in [-0.15, -0.1) is 0 Å². The molecule has 0 atom stereocenters. The molecule has 50 valence electrons. The Morgan fingerprint density at radius 1 is 1.38 bits per heavy atom. The Balaban J connectivity index is 3.71. The summed E-state index contributed by atoms with van der Waals surface area (Å²) in [5.41, 5.74) is 0. The molecule has 0 rings (SSSR count). The summed E-state index contributed by atoms with van der Waals surface area (Å²) in [7, 11) is 1.04. The van der Waals surface area contributed by atoms with Gasteiger partial charge in [-0.1, -0.05) is 33.0 Å². The van der Waals surface area contributed by atoms with Crippen LogP contribution in [0.15, 0.2) is 0 Å². The van der Waals surface area contributed by atoms with Crippen LogP contribution in [0.1, 0.15) is 13.8 Å². The smallest absolute Gasteiger partial charge is 0.0361 e. The van der Waals surface area contributed by atoms with E-state index < -0.39 is 0 Å². The Morgan fingerprint density at radius 3 is 1.75 bits per heavy atom. The molecule has 0 unspecified atom stereocenters. The maximum atomic E-state index is 2.44. The summed E-state index contributed by atoms with van der Waals surface area (Å²) in [6.45, 7) is 9.71. The minimum atomic E-state index is -0.345. The predicted octanol–water partition coefficient (Wildman–Crippen LogP) is 1.04. The highest BCUT2D eigenvalue weighted by atomic mass is 28.3. The molecular formula is C6H18Si2. The van der Waals surface area contributed by atoms with Crippen molar-refractivity contribution in [1.82, 2.24) is 0 Å². The minimum absolute atomic E-state index is 0.345. The van der Waals surface area contributed by atoms with Gasteiger partial charge in [-0.3, -0.25) is 0 Å². The van der Waals surface area contributed by atoms with Crippen molar-refractivity contribution in [3.63, 3.8) is 0 Å². The van der Waals surface area contributed by atoms with Crippen LogP contribution >= 0.6 is 0 Å². The zero-order chi connectivity index (χ0) is 6.78. The van der Waals surface area contributed by atoms with Crippen LogP contribution in [0.5, 0.6) is 0 Å². The Hall–Kier alpha value is 0.434. The molecule has 0 heterocycles. The molecule has 8 heavy (non-hydrogen) atoms. The lowest BCUT2D eigenvalue weighted by molar-refractivity contribution is 0.740. The van der Waals surface area contributed by atoms with Gasteiger partial charge in [-0.2, -0.15) is 0 Å². The average Bonchev–Trinajstić information content (AvgIpc) is 1.67. The van der Waals surface area contributed by atoms with E-state index in [0.29, 0.717) is 0 Å². The summed E-state index contributed by atoms with van der Waals surface area (Å²) in [5.74, 6) is 0. The highest BCUT2D eigenvalue weighted by Gasteiger charge is 2.19. The second-order valence-electron chi connectivity index (χ2n) is 3.50. The van der Waals surface area contributed by atoms with E-state index in [1.807, 2.05) is 0 Å². The van der Waals surface area contributed by atoms with E-state index >= 15 is 0 Å². The Kier molecular flexibility index (Phi) is 2.98. The lowest BCUT2D eigenvalue weighted by atomic mass is 10.2. The molecule has 0 radical (unpaired) electrons. The number of hydrogen-bond donors (Lipinski definition) is 0. The summed E-state index contributed by atoms with van der Waals surface area (Å²) in [6, 6.07) is 1.48. The van der Waals surface area contributed by atoms with E-state index in [0.717, 1.165) is 5.04 Å². The molecular weight excluding hydrogens is 128 g/mol. The van der Waals surface area contributed by atoms with Crippen LogP contribution in [0.3, 0.4) is 0 Å². The largest absolute Gasteiger partial charge is 0.0718 e. The SMILES string of the molecule is C[SiH](C)C(C)(C)C[SiH3]. The number of rotatable bonds is 2. The highest BCUT2D eigenvalue weighted by molar-refractivity contribution is 6.60. The lowest BCUT2D eigenvalue weighted by Gasteiger charge is -2.25. The molecule has 2 heteroatoms. The number of hydrogen-bond acceptors (Lipinski definition) is 0. The van der Waals surface area contributed by atoms with Crippen molar-refractivity contribution in [3.8, 4) is 0 Å². The van der Waals surface area contributed by atoms with E-state index in [4.69, 9.17) is 0 Å². The molecule has 0 fully saturated rings. The monoisotopic (exact) mass is 146 g/mol. The first-order valence-corrected chi connectivity index (χ1v) is 7.81. The molecule has 0 N–H and O–H groups in total. The van der Waals surface area contributed by atoms with Gasteiger partial charge in [0.25, 0.3) is 0 Å². The fraction of sp³-hybridized carbons (Fsp3) is 1.00. The van der Waals surface area contributed by atoms with Crippen LogP contribution < -0.4 is 0 Å². The molecule has 0 aromatic rings. The zero-order valence-corrected chi connectivity index (χ0v) is 9.94. The molecule has 0 bridgehead atoms. The van der Waals surface area contributed by atoms with Crippen LogP contribution in [0, 0.1) is 0 Å². The first kappa shape index (κ1) is 8.43. The van der Waals surface area contributed by atoms with Crippen molar-refractivity contribution >= 4 is 19.0 Å². The van der Waals surface area contributed by atoms with Crippen LogP contribution in [0.2, 0.25) is 24.2 Å². The molecule has 0 aliphatic heterocycles. The first-order valence-electron chi connectivity index (χ1n) is 3.50. The van der Waals surface area contributed by atoms with Crippen molar-refractivity contribution in [2.75, 3.05) is 0 Å². The van der Waals surface area contributed by atoms with Gasteiger partial charge in [0.05, 0.1) is 0 Å². The summed E-state index contributed by atoms with van der Waals surface area (Å²) in [4.78, 5) is 0. The highest BCUT2D eigenvalue weighted by Crippen LogP contribution is 2.31. The van der Waals surface area contributed by atoms with Gasteiger partial charge in [-0.25, -0.2) is 0 Å². The fourth-order valence-electron chi connectivity index (χ4n) is 0.408. The summed E-state index contributed by atoms with van der Waals surface area (Å²) >= 11 is 0. The van der Waals surface area contributed by atoms with Gasteiger partial charge in [0.15, 0.2) is 0 Å². The zero-order valence-electron chi connectivity index (χ0n) is 6.78. The van der Waals surface area contributed by atoms with Gasteiger partial charge < -0.3 is 0 Å². The first-order chi connectivity index (χ1) is 3.50. The average molecular weight is 146 g/mol. The minimum Gasteiger partial charge on any atom is -0.0718 e. The second kappa shape index (κ2) is 2.83. The van der Waals surface area contributed by atoms with Crippen molar-refractivity contribution in [1.29, 1.82) is 0 Å². The molecule has 0 spiro atoms. The van der Waals surface area contributed by atoms with Crippen molar-refractivity contribution < 1.29 is 0 Å². The van der Waals surface area contributed by atoms with Gasteiger partial charge >= 0.3 is 0 Å². The molecule has 0 aromatic heterocycles. The Morgan fingerprint density at radius 2 is 1.75 bits per heavy atom. The Labute approximate surface area is 57.7 Å². The molecule has 0 aliphatic carbocycles. The summed E-state index contributed by atoms with van der Waals surface area (Å²) in [5, 5.41) is 0.742. The maximum Gasteiger partial charge on any atom is 0.0361 e. The topological polar surface area (TPSA) is 0 Å². The third-order valence-corrected chi connectivity index (χ3v) is 8.65. The van der Waals surface area contributed by atoms with Gasteiger partial charge in [0, 0.05) is 19.0 Å². The second-order valence-corrected chi connectivity index (χ2v) is 8.08. The predicted molar refractivity (Wildman–Crippen MR) is 47.7 cm³/mol. The molecule has 0 aromatic carbocycles. The van der Waals surface area contributed by atoms with Crippen LogP contribution in [0.4, 0.5) is 0 Å². The van der Waals surface area contributed by atoms with Crippen molar-refractivity contribution in [2.24, 2.45) is 0 Å². The van der Waals surface area contributed by atoms with Crippen LogP contribution in [-0.4, -0.2) is 19.0 Å². The lowest BCUT2D eigenvalue weighted by Crippen LogP contribution is -2.19. The quantitative estimate of drug-likeness (QED) is 0.511. The van der Waals surface area contributed by atoms with Crippen LogP contribution in [-0.2, 0) is 0 Å². The van der Waals surface area contributed by atoms with E-state index in [1.54, 1.807) is 0 Å². The Bertz CT molecular complexity index is 66.9. The van der Waals surface area contributed by atoms with Crippen molar-refractivity contribution in [3.05, 3.63) is 0 Å². The van der Waals surface area contributed by atoms with E-state index in [-0.39, 0.29) is 8.80 Å². The van der Waals surface area contributed by atoms with E-state index in [1.165, 1.54) is 16.3 Å². The molecule has 0 saturated heterocycles. The van der Waals surface area contributed by atoms with E-state index in [9.17, 15) is 0 Å². The van der Waals surface area contributed by atoms with Gasteiger partial charge in [0.1, 0.15) is 0 Å². The molecule has 0 saturated carbocycles. The molecule has 0 aliphatic rings. The summed E-state index contributed by atoms with van der Waals surface area (Å²) in [6.07, 6.45) is 0. The maximum absolute atomic E-state index is 2.44. The molecule has 0 amide bonds. The van der Waals surface area contributed by atoms with E-state index in [2.05, 4.69) is 26.9 Å². The van der Waals surface area contributed by atoms with Crippen molar-refractivity contribution in [2.45, 2.75) is 38.0 Å². The molecule has 0 nitrogen and oxygen atoms in total. The third-order valence-electron chi connectivity index (χ3n) is 2.47. The summed E-state index contributed by atoms with van der Waals surface area (Å²) < 4.78 is 0. The fourth-order valence-corrected chi connectivity index (χ4v) is 3.67. The standard InChI is InChI=1S/C6H18Si2/c1-6(2,5-7)8(3)4/h8H,5H2,1-4,7H3.